The summed E-state index contributed by atoms with van der Waals surface area (Å²) in [6, 6.07) is 9.25. The van der Waals surface area contributed by atoms with E-state index in [4.69, 9.17) is 0 Å². The van der Waals surface area contributed by atoms with Gasteiger partial charge in [0.2, 0.25) is 0 Å². The first-order chi connectivity index (χ1) is 8.34. The van der Waals surface area contributed by atoms with Crippen molar-refractivity contribution in [3.63, 3.8) is 0 Å². The van der Waals surface area contributed by atoms with Crippen LogP contribution < -0.4 is 16.0 Å². The van der Waals surface area contributed by atoms with Crippen LogP contribution in [0.15, 0.2) is 42.6 Å². The van der Waals surface area contributed by atoms with Gasteiger partial charge in [0.25, 0.3) is 0 Å². The number of urea groups is 1. The molecule has 0 fully saturated rings. The Labute approximate surface area is 101 Å². The van der Waals surface area contributed by atoms with Crippen molar-refractivity contribution in [1.29, 1.82) is 0 Å². The summed E-state index contributed by atoms with van der Waals surface area (Å²) in [6.45, 7) is 0. The van der Waals surface area contributed by atoms with Crippen molar-refractivity contribution in [1.82, 2.24) is 10.6 Å². The summed E-state index contributed by atoms with van der Waals surface area (Å²) in [5.41, 5.74) is 0.800. The molecule has 2 amide bonds. The first kappa shape index (κ1) is 11.5. The molecule has 1 heterocycles. The molecular weight excluding hydrogens is 214 g/mol. The lowest BCUT2D eigenvalue weighted by molar-refractivity contribution is 0.246. The molecule has 0 spiro atoms. The zero-order chi connectivity index (χ0) is 11.9. The number of carbonyl (C=O) groups excluding carboxylic acids is 1. The monoisotopic (exact) mass is 231 g/mol. The molecule has 17 heavy (non-hydrogen) atoms. The van der Waals surface area contributed by atoms with Gasteiger partial charge in [-0.1, -0.05) is 24.3 Å². The smallest absolute Gasteiger partial charge is 0.320 e. The topological polar surface area (TPSA) is 53.2 Å². The average molecular weight is 231 g/mol. The fourth-order valence-electron chi connectivity index (χ4n) is 1.75. The summed E-state index contributed by atoms with van der Waals surface area (Å²) in [7, 11) is 0. The van der Waals surface area contributed by atoms with E-state index in [0.29, 0.717) is 0 Å². The van der Waals surface area contributed by atoms with Gasteiger partial charge in [-0.2, -0.15) is 0 Å². The Balaban J connectivity index is 1.82. The van der Waals surface area contributed by atoms with Crippen LogP contribution >= 0.6 is 0 Å². The molecule has 1 unspecified atom stereocenters. The van der Waals surface area contributed by atoms with E-state index in [1.807, 2.05) is 36.5 Å². The van der Waals surface area contributed by atoms with Crippen LogP contribution in [0.5, 0.6) is 0 Å². The second-order valence-electron chi connectivity index (χ2n) is 4.02. The van der Waals surface area contributed by atoms with E-state index in [1.165, 1.54) is 0 Å². The summed E-state index contributed by atoms with van der Waals surface area (Å²) < 4.78 is 0. The molecule has 1 aliphatic heterocycles. The Morgan fingerprint density at radius 1 is 1.29 bits per heavy atom. The van der Waals surface area contributed by atoms with Gasteiger partial charge in [0, 0.05) is 5.69 Å². The molecule has 90 valence electrons. The number of para-hydroxylation sites is 1. The first-order valence-corrected chi connectivity index (χ1v) is 5.88. The van der Waals surface area contributed by atoms with Gasteiger partial charge in [-0.05, 0) is 37.6 Å². The van der Waals surface area contributed by atoms with E-state index in [0.717, 1.165) is 24.9 Å². The maximum absolute atomic E-state index is 11.7. The molecule has 4 heteroatoms. The predicted octanol–water partition coefficient (Wildman–Crippen LogP) is 2.42. The highest BCUT2D eigenvalue weighted by Gasteiger charge is 2.11. The largest absolute Gasteiger partial charge is 0.372 e. The van der Waals surface area contributed by atoms with Gasteiger partial charge in [-0.25, -0.2) is 4.79 Å². The van der Waals surface area contributed by atoms with Crippen LogP contribution in [0.2, 0.25) is 0 Å². The molecule has 1 atom stereocenters. The van der Waals surface area contributed by atoms with Crippen LogP contribution in [0.1, 0.15) is 19.3 Å². The summed E-state index contributed by atoms with van der Waals surface area (Å²) in [4.78, 5) is 11.7. The number of nitrogens with one attached hydrogen (secondary N) is 3. The highest BCUT2D eigenvalue weighted by atomic mass is 16.2. The van der Waals surface area contributed by atoms with Crippen molar-refractivity contribution in [2.24, 2.45) is 0 Å². The molecule has 0 aliphatic carbocycles. The van der Waals surface area contributed by atoms with Crippen molar-refractivity contribution in [3.05, 3.63) is 42.6 Å². The van der Waals surface area contributed by atoms with Gasteiger partial charge >= 0.3 is 6.03 Å². The van der Waals surface area contributed by atoms with E-state index in [1.54, 1.807) is 0 Å². The molecule has 4 nitrogen and oxygen atoms in total. The zero-order valence-corrected chi connectivity index (χ0v) is 9.65. The molecule has 0 radical (unpaired) electrons. The van der Waals surface area contributed by atoms with Crippen molar-refractivity contribution in [2.75, 3.05) is 5.32 Å². The van der Waals surface area contributed by atoms with Crippen LogP contribution in [0.3, 0.4) is 0 Å². The fraction of sp³-hybridized carbons (Fsp3) is 0.308. The van der Waals surface area contributed by atoms with Crippen molar-refractivity contribution >= 4 is 11.7 Å². The number of hydrogen-bond donors (Lipinski definition) is 3. The van der Waals surface area contributed by atoms with Gasteiger partial charge in [0.1, 0.15) is 0 Å². The van der Waals surface area contributed by atoms with E-state index < -0.39 is 0 Å². The molecule has 3 N–H and O–H groups in total. The minimum Gasteiger partial charge on any atom is -0.372 e. The number of allylic oxidation sites excluding steroid dienone is 1. The van der Waals surface area contributed by atoms with Crippen LogP contribution in [0.4, 0.5) is 10.5 Å². The number of anilines is 1. The lowest BCUT2D eigenvalue weighted by Crippen LogP contribution is -2.44. The number of amides is 2. The molecule has 0 aromatic heterocycles. The minimum atomic E-state index is -0.177. The van der Waals surface area contributed by atoms with Crippen LogP contribution in [-0.4, -0.2) is 12.2 Å². The second kappa shape index (κ2) is 5.94. The molecular formula is C13H17N3O. The highest BCUT2D eigenvalue weighted by Crippen LogP contribution is 2.06. The first-order valence-electron chi connectivity index (χ1n) is 5.88. The fourth-order valence-corrected chi connectivity index (χ4v) is 1.75. The highest BCUT2D eigenvalue weighted by molar-refractivity contribution is 5.89. The predicted molar refractivity (Wildman–Crippen MR) is 68.5 cm³/mol. The Bertz CT molecular complexity index is 389. The summed E-state index contributed by atoms with van der Waals surface area (Å²) in [5.74, 6) is 0. The van der Waals surface area contributed by atoms with Crippen molar-refractivity contribution in [2.45, 2.75) is 25.4 Å². The molecule has 1 aromatic carbocycles. The third-order valence-electron chi connectivity index (χ3n) is 2.62. The summed E-state index contributed by atoms with van der Waals surface area (Å²) >= 11 is 0. The number of benzene rings is 1. The van der Waals surface area contributed by atoms with Crippen LogP contribution in [-0.2, 0) is 0 Å². The van der Waals surface area contributed by atoms with Gasteiger partial charge < -0.3 is 16.0 Å². The third kappa shape index (κ3) is 3.83. The lowest BCUT2D eigenvalue weighted by Gasteiger charge is -2.17. The maximum Gasteiger partial charge on any atom is 0.320 e. The second-order valence-corrected chi connectivity index (χ2v) is 4.02. The number of carbonyl (C=O) groups is 1. The SMILES string of the molecule is O=C(Nc1ccccc1)NC1CCCC=CN1. The molecule has 0 bridgehead atoms. The number of rotatable bonds is 2. The third-order valence-corrected chi connectivity index (χ3v) is 2.62. The Hall–Kier alpha value is -1.97. The van der Waals surface area contributed by atoms with E-state index in [-0.39, 0.29) is 12.2 Å². The average Bonchev–Trinajstić information content (AvgIpc) is 2.59. The van der Waals surface area contributed by atoms with E-state index >= 15 is 0 Å². The van der Waals surface area contributed by atoms with Crippen molar-refractivity contribution < 1.29 is 4.79 Å². The van der Waals surface area contributed by atoms with Crippen molar-refractivity contribution in [3.8, 4) is 0 Å². The number of hydrogen-bond acceptors (Lipinski definition) is 2. The molecule has 0 saturated heterocycles. The normalized spacial score (nSPS) is 18.9. The maximum atomic E-state index is 11.7. The Morgan fingerprint density at radius 3 is 2.94 bits per heavy atom. The molecule has 2 rings (SSSR count). The zero-order valence-electron chi connectivity index (χ0n) is 9.65. The van der Waals surface area contributed by atoms with Gasteiger partial charge in [0.05, 0.1) is 6.17 Å². The lowest BCUT2D eigenvalue weighted by atomic mass is 10.2. The standard InChI is InChI=1S/C13H17N3O/c17-13(15-11-7-3-1-4-8-11)16-12-9-5-2-6-10-14-12/h1,3-4,6-8,10,12,14H,2,5,9H2,(H2,15,16,17). The quantitative estimate of drug-likeness (QED) is 0.732. The van der Waals surface area contributed by atoms with Gasteiger partial charge in [0.15, 0.2) is 0 Å². The molecule has 1 aliphatic rings. The van der Waals surface area contributed by atoms with E-state index in [2.05, 4.69) is 22.0 Å². The Kier molecular flexibility index (Phi) is 4.02. The Morgan fingerprint density at radius 2 is 2.12 bits per heavy atom. The van der Waals surface area contributed by atoms with Crippen LogP contribution in [0.25, 0.3) is 0 Å². The minimum absolute atomic E-state index is 0.0115. The van der Waals surface area contributed by atoms with Gasteiger partial charge in [-0.3, -0.25) is 0 Å². The molecule has 0 saturated carbocycles. The molecule has 1 aromatic rings. The van der Waals surface area contributed by atoms with E-state index in [9.17, 15) is 4.79 Å². The summed E-state index contributed by atoms with van der Waals surface area (Å²) in [5, 5.41) is 8.84. The van der Waals surface area contributed by atoms with Crippen LogP contribution in [0, 0.1) is 0 Å². The summed E-state index contributed by atoms with van der Waals surface area (Å²) in [6.07, 6.45) is 7.08. The van der Waals surface area contributed by atoms with Gasteiger partial charge in [-0.15, -0.1) is 0 Å².